The van der Waals surface area contributed by atoms with E-state index in [1.807, 2.05) is 60.7 Å². The van der Waals surface area contributed by atoms with Crippen LogP contribution in [0.25, 0.3) is 10.8 Å². The number of hydrogen-bond donors (Lipinski definition) is 2. The van der Waals surface area contributed by atoms with E-state index in [1.54, 1.807) is 39.0 Å². The molecule has 1 atom stereocenters. The molecule has 37 heavy (non-hydrogen) atoms. The Balaban J connectivity index is 1.86. The van der Waals surface area contributed by atoms with Gasteiger partial charge >= 0.3 is 12.1 Å². The molecule has 0 saturated heterocycles. The highest BCUT2D eigenvalue weighted by Gasteiger charge is 2.45. The average molecular weight is 518 g/mol. The number of rotatable bonds is 6. The molecule has 0 heterocycles. The van der Waals surface area contributed by atoms with Crippen LogP contribution in [0.2, 0.25) is 5.02 Å². The standard InChI is InChI=1S/C30H28ClNO5/c1-29(2,3)37-28(34)32-26-17-16-22(31)18-25(26)30(35,27(33)36-19-20-10-5-4-6-11-20)24-15-9-13-21-12-7-8-14-23(21)24/h4-18,35H,19H2,1-3H3,(H,32,34)/t30-/m0/s1. The Morgan fingerprint density at radius 1 is 0.865 bits per heavy atom. The van der Waals surface area contributed by atoms with Gasteiger partial charge in [0.15, 0.2) is 0 Å². The van der Waals surface area contributed by atoms with Crippen molar-refractivity contribution in [2.45, 2.75) is 38.6 Å². The van der Waals surface area contributed by atoms with Crippen molar-refractivity contribution in [2.24, 2.45) is 0 Å². The number of halogens is 1. The lowest BCUT2D eigenvalue weighted by Crippen LogP contribution is -2.40. The Kier molecular flexibility index (Phi) is 7.52. The minimum absolute atomic E-state index is 0.0534. The molecule has 0 spiro atoms. The second kappa shape index (κ2) is 10.6. The predicted octanol–water partition coefficient (Wildman–Crippen LogP) is 6.82. The number of anilines is 1. The number of ether oxygens (including phenoxy) is 2. The van der Waals surface area contributed by atoms with Crippen LogP contribution in [0, 0.1) is 0 Å². The van der Waals surface area contributed by atoms with Crippen LogP contribution in [0.5, 0.6) is 0 Å². The van der Waals surface area contributed by atoms with E-state index in [9.17, 15) is 14.7 Å². The van der Waals surface area contributed by atoms with E-state index in [2.05, 4.69) is 5.32 Å². The van der Waals surface area contributed by atoms with Gasteiger partial charge in [0, 0.05) is 16.1 Å². The maximum atomic E-state index is 13.8. The Labute approximate surface area is 220 Å². The number of nitrogens with one attached hydrogen (secondary N) is 1. The first-order chi connectivity index (χ1) is 17.6. The van der Waals surface area contributed by atoms with Crippen LogP contribution >= 0.6 is 11.6 Å². The van der Waals surface area contributed by atoms with Crippen LogP contribution in [0.1, 0.15) is 37.5 Å². The summed E-state index contributed by atoms with van der Waals surface area (Å²) in [6, 6.07) is 26.3. The summed E-state index contributed by atoms with van der Waals surface area (Å²) in [5, 5.41) is 16.7. The maximum Gasteiger partial charge on any atom is 0.412 e. The normalized spacial score (nSPS) is 13.0. The van der Waals surface area contributed by atoms with Crippen molar-refractivity contribution in [1.29, 1.82) is 0 Å². The van der Waals surface area contributed by atoms with Crippen LogP contribution in [0.15, 0.2) is 91.0 Å². The first-order valence-corrected chi connectivity index (χ1v) is 12.2. The Hall–Kier alpha value is -3.87. The molecule has 0 fully saturated rings. The largest absolute Gasteiger partial charge is 0.458 e. The zero-order valence-electron chi connectivity index (χ0n) is 20.8. The summed E-state index contributed by atoms with van der Waals surface area (Å²) < 4.78 is 11.1. The number of benzene rings is 4. The fourth-order valence-corrected chi connectivity index (χ4v) is 4.24. The first kappa shape index (κ1) is 26.2. The topological polar surface area (TPSA) is 84.9 Å². The number of amides is 1. The molecule has 6 nitrogen and oxygen atoms in total. The molecule has 0 aliphatic heterocycles. The van der Waals surface area contributed by atoms with Gasteiger partial charge in [-0.25, -0.2) is 9.59 Å². The summed E-state index contributed by atoms with van der Waals surface area (Å²) in [6.45, 7) is 5.16. The van der Waals surface area contributed by atoms with E-state index in [-0.39, 0.29) is 28.4 Å². The highest BCUT2D eigenvalue weighted by molar-refractivity contribution is 6.30. The second-order valence-corrected chi connectivity index (χ2v) is 10.1. The monoisotopic (exact) mass is 517 g/mol. The molecular formula is C30H28ClNO5. The number of carbonyl (C=O) groups is 2. The third-order valence-corrected chi connectivity index (χ3v) is 5.93. The molecule has 4 rings (SSSR count). The minimum Gasteiger partial charge on any atom is -0.458 e. The molecule has 1 amide bonds. The van der Waals surface area contributed by atoms with E-state index in [0.29, 0.717) is 5.39 Å². The van der Waals surface area contributed by atoms with Crippen LogP contribution in [-0.4, -0.2) is 22.8 Å². The van der Waals surface area contributed by atoms with Gasteiger partial charge in [-0.1, -0.05) is 84.4 Å². The van der Waals surface area contributed by atoms with Crippen LogP contribution in [0.3, 0.4) is 0 Å². The van der Waals surface area contributed by atoms with E-state index >= 15 is 0 Å². The molecule has 0 bridgehead atoms. The fraction of sp³-hybridized carbons (Fsp3) is 0.200. The number of aliphatic hydroxyl groups is 1. The Bertz CT molecular complexity index is 1430. The molecule has 0 aromatic heterocycles. The predicted molar refractivity (Wildman–Crippen MR) is 144 cm³/mol. The highest BCUT2D eigenvalue weighted by atomic mass is 35.5. The molecule has 0 radical (unpaired) electrons. The van der Waals surface area contributed by atoms with E-state index in [1.165, 1.54) is 12.1 Å². The third kappa shape index (κ3) is 5.93. The Morgan fingerprint density at radius 2 is 1.54 bits per heavy atom. The summed E-state index contributed by atoms with van der Waals surface area (Å²) in [7, 11) is 0. The smallest absolute Gasteiger partial charge is 0.412 e. The van der Waals surface area contributed by atoms with E-state index in [4.69, 9.17) is 21.1 Å². The molecule has 0 unspecified atom stereocenters. The Morgan fingerprint density at radius 3 is 2.27 bits per heavy atom. The quantitative estimate of drug-likeness (QED) is 0.274. The zero-order valence-corrected chi connectivity index (χ0v) is 21.6. The molecule has 4 aromatic carbocycles. The van der Waals surface area contributed by atoms with Crippen molar-refractivity contribution in [2.75, 3.05) is 5.32 Å². The second-order valence-electron chi connectivity index (χ2n) is 9.62. The lowest BCUT2D eigenvalue weighted by atomic mass is 9.82. The number of hydrogen-bond acceptors (Lipinski definition) is 5. The molecule has 7 heteroatoms. The molecule has 0 aliphatic carbocycles. The molecule has 0 aliphatic rings. The van der Waals surface area contributed by atoms with Crippen LogP contribution in [-0.2, 0) is 26.5 Å². The molecule has 0 saturated carbocycles. The minimum atomic E-state index is -2.31. The summed E-state index contributed by atoms with van der Waals surface area (Å²) in [6.07, 6.45) is -0.742. The van der Waals surface area contributed by atoms with Crippen molar-refractivity contribution in [3.05, 3.63) is 113 Å². The van der Waals surface area contributed by atoms with Crippen molar-refractivity contribution in [3.8, 4) is 0 Å². The van der Waals surface area contributed by atoms with Gasteiger partial charge < -0.3 is 14.6 Å². The molecular weight excluding hydrogens is 490 g/mol. The van der Waals surface area contributed by atoms with E-state index < -0.39 is 23.3 Å². The van der Waals surface area contributed by atoms with Gasteiger partial charge in [0.25, 0.3) is 0 Å². The van der Waals surface area contributed by atoms with Gasteiger partial charge in [-0.15, -0.1) is 0 Å². The lowest BCUT2D eigenvalue weighted by Gasteiger charge is -2.30. The first-order valence-electron chi connectivity index (χ1n) is 11.8. The average Bonchev–Trinajstić information content (AvgIpc) is 2.87. The summed E-state index contributed by atoms with van der Waals surface area (Å²) >= 11 is 6.34. The molecule has 4 aromatic rings. The maximum absolute atomic E-state index is 13.8. The highest BCUT2D eigenvalue weighted by Crippen LogP contribution is 2.40. The van der Waals surface area contributed by atoms with Crippen molar-refractivity contribution in [3.63, 3.8) is 0 Å². The van der Waals surface area contributed by atoms with Gasteiger partial charge in [0.05, 0.1) is 5.69 Å². The summed E-state index contributed by atoms with van der Waals surface area (Å²) in [5.74, 6) is -0.915. The lowest BCUT2D eigenvalue weighted by molar-refractivity contribution is -0.163. The molecule has 2 N–H and O–H groups in total. The zero-order chi connectivity index (χ0) is 26.6. The SMILES string of the molecule is CC(C)(C)OC(=O)Nc1ccc(Cl)cc1[C@](O)(C(=O)OCc1ccccc1)c1cccc2ccccc12. The van der Waals surface area contributed by atoms with Gasteiger partial charge in [-0.2, -0.15) is 0 Å². The van der Waals surface area contributed by atoms with E-state index in [0.717, 1.165) is 10.9 Å². The number of fused-ring (bicyclic) bond motifs is 1. The fourth-order valence-electron chi connectivity index (χ4n) is 4.07. The van der Waals surface area contributed by atoms with Crippen molar-refractivity contribution < 1.29 is 24.2 Å². The van der Waals surface area contributed by atoms with Crippen molar-refractivity contribution >= 4 is 40.1 Å². The van der Waals surface area contributed by atoms with Gasteiger partial charge in [0.1, 0.15) is 12.2 Å². The summed E-state index contributed by atoms with van der Waals surface area (Å²) in [4.78, 5) is 26.5. The van der Waals surface area contributed by atoms with Gasteiger partial charge in [-0.3, -0.25) is 5.32 Å². The number of carbonyl (C=O) groups excluding carboxylic acids is 2. The molecule has 190 valence electrons. The van der Waals surface area contributed by atoms with Crippen molar-refractivity contribution in [1.82, 2.24) is 0 Å². The van der Waals surface area contributed by atoms with Crippen LogP contribution in [0.4, 0.5) is 10.5 Å². The third-order valence-electron chi connectivity index (χ3n) is 5.69. The van der Waals surface area contributed by atoms with Gasteiger partial charge in [-0.05, 0) is 55.3 Å². The number of esters is 1. The summed E-state index contributed by atoms with van der Waals surface area (Å²) in [5.41, 5.74) is -1.80. The van der Waals surface area contributed by atoms with Gasteiger partial charge in [0.2, 0.25) is 5.60 Å². The van der Waals surface area contributed by atoms with Crippen LogP contribution < -0.4 is 5.32 Å².